The molecule has 0 saturated carbocycles. The van der Waals surface area contributed by atoms with Gasteiger partial charge in [0.2, 0.25) is 15.9 Å². The fourth-order valence-corrected chi connectivity index (χ4v) is 4.32. The lowest BCUT2D eigenvalue weighted by atomic mass is 10.3. The number of nitrogens with zero attached hydrogens (tertiary/aromatic N) is 2. The minimum atomic E-state index is -3.57. The van der Waals surface area contributed by atoms with E-state index in [0.29, 0.717) is 25.4 Å². The molecule has 0 atom stereocenters. The molecule has 27 heavy (non-hydrogen) atoms. The van der Waals surface area contributed by atoms with Crippen LogP contribution in [0, 0.1) is 0 Å². The summed E-state index contributed by atoms with van der Waals surface area (Å²) in [5.74, 6) is 0.695. The van der Waals surface area contributed by atoms with Crippen LogP contribution < -0.4 is 10.5 Å². The van der Waals surface area contributed by atoms with Gasteiger partial charge in [0.1, 0.15) is 5.75 Å². The number of nitrogens with two attached hydrogens (primary N) is 1. The summed E-state index contributed by atoms with van der Waals surface area (Å²) in [4.78, 5) is 14.2. The Hall–Kier alpha value is -2.58. The molecule has 2 N–H and O–H groups in total. The van der Waals surface area contributed by atoms with Gasteiger partial charge in [-0.1, -0.05) is 18.2 Å². The van der Waals surface area contributed by atoms with E-state index in [0.717, 1.165) is 5.75 Å². The lowest BCUT2D eigenvalue weighted by Gasteiger charge is -2.34. The topological polar surface area (TPSA) is 92.9 Å². The maximum Gasteiger partial charge on any atom is 0.243 e. The van der Waals surface area contributed by atoms with Crippen molar-refractivity contribution in [3.05, 3.63) is 54.6 Å². The molecule has 0 spiro atoms. The predicted octanol–water partition coefficient (Wildman–Crippen LogP) is 1.57. The molecule has 0 unspecified atom stereocenters. The molecule has 1 aliphatic rings. The van der Waals surface area contributed by atoms with E-state index in [4.69, 9.17) is 10.5 Å². The molecule has 2 aromatic rings. The number of carbonyl (C=O) groups excluding carboxylic acids is 1. The van der Waals surface area contributed by atoms with Crippen molar-refractivity contribution in [1.82, 2.24) is 9.21 Å². The summed E-state index contributed by atoms with van der Waals surface area (Å²) in [5.41, 5.74) is 6.13. The molecule has 7 nitrogen and oxygen atoms in total. The van der Waals surface area contributed by atoms with Gasteiger partial charge >= 0.3 is 0 Å². The zero-order valence-corrected chi connectivity index (χ0v) is 15.8. The number of benzene rings is 2. The summed E-state index contributed by atoms with van der Waals surface area (Å²) in [6, 6.07) is 15.5. The summed E-state index contributed by atoms with van der Waals surface area (Å²) in [6.07, 6.45) is 0.263. The number of amides is 1. The summed E-state index contributed by atoms with van der Waals surface area (Å²) in [6.45, 7) is 1.60. The molecule has 0 aromatic heterocycles. The van der Waals surface area contributed by atoms with Gasteiger partial charge in [-0.2, -0.15) is 4.31 Å². The van der Waals surface area contributed by atoms with Gasteiger partial charge in [0.05, 0.1) is 17.9 Å². The van der Waals surface area contributed by atoms with Gasteiger partial charge in [0, 0.05) is 31.9 Å². The van der Waals surface area contributed by atoms with Gasteiger partial charge in [-0.05, 0) is 36.4 Å². The van der Waals surface area contributed by atoms with Gasteiger partial charge in [0.25, 0.3) is 0 Å². The smallest absolute Gasteiger partial charge is 0.243 e. The Kier molecular flexibility index (Phi) is 5.98. The van der Waals surface area contributed by atoms with Gasteiger partial charge in [0.15, 0.2) is 0 Å². The molecule has 8 heteroatoms. The van der Waals surface area contributed by atoms with Crippen LogP contribution in [0.4, 0.5) is 5.69 Å². The van der Waals surface area contributed by atoms with Crippen molar-refractivity contribution in [2.24, 2.45) is 0 Å². The molecule has 1 saturated heterocycles. The second kappa shape index (κ2) is 8.41. The molecule has 1 aliphatic heterocycles. The first-order valence-electron chi connectivity index (χ1n) is 8.78. The molecule has 2 aromatic carbocycles. The Morgan fingerprint density at radius 1 is 0.963 bits per heavy atom. The number of hydrogen-bond donors (Lipinski definition) is 1. The second-order valence-electron chi connectivity index (χ2n) is 6.27. The third-order valence-corrected chi connectivity index (χ3v) is 6.35. The normalized spacial score (nSPS) is 15.5. The molecule has 144 valence electrons. The van der Waals surface area contributed by atoms with Crippen LogP contribution >= 0.6 is 0 Å². The van der Waals surface area contributed by atoms with Crippen molar-refractivity contribution >= 4 is 21.6 Å². The van der Waals surface area contributed by atoms with Crippen LogP contribution in [0.15, 0.2) is 59.5 Å². The summed E-state index contributed by atoms with van der Waals surface area (Å²) >= 11 is 0. The quantitative estimate of drug-likeness (QED) is 0.757. The molecular formula is C19H23N3O4S. The van der Waals surface area contributed by atoms with E-state index in [9.17, 15) is 13.2 Å². The third kappa shape index (κ3) is 4.78. The number of hydrogen-bond acceptors (Lipinski definition) is 5. The number of carbonyl (C=O) groups is 1. The first kappa shape index (κ1) is 19.2. The maximum atomic E-state index is 12.7. The minimum Gasteiger partial charge on any atom is -0.493 e. The standard InChI is InChI=1S/C19H23N3O4S/c20-16-6-8-18(9-7-16)27(24,25)22-13-11-21(12-14-22)19(23)10-15-26-17-4-2-1-3-5-17/h1-9H,10-15,20H2. The number of sulfonamides is 1. The molecule has 1 fully saturated rings. The Balaban J connectivity index is 1.49. The largest absolute Gasteiger partial charge is 0.493 e. The summed E-state index contributed by atoms with van der Waals surface area (Å²) in [5, 5.41) is 0. The van der Waals surface area contributed by atoms with Gasteiger partial charge in [-0.15, -0.1) is 0 Å². The fourth-order valence-electron chi connectivity index (χ4n) is 2.90. The summed E-state index contributed by atoms with van der Waals surface area (Å²) in [7, 11) is -3.57. The van der Waals surface area contributed by atoms with Crippen molar-refractivity contribution in [3.8, 4) is 5.75 Å². The van der Waals surface area contributed by atoms with E-state index < -0.39 is 10.0 Å². The Bertz CT molecular complexity index is 862. The number of nitrogen functional groups attached to an aromatic ring is 1. The number of ether oxygens (including phenoxy) is 1. The van der Waals surface area contributed by atoms with Crippen molar-refractivity contribution in [2.75, 3.05) is 38.5 Å². The van der Waals surface area contributed by atoms with E-state index in [1.165, 1.54) is 16.4 Å². The molecule has 3 rings (SSSR count). The number of anilines is 1. The molecule has 0 radical (unpaired) electrons. The Morgan fingerprint density at radius 2 is 1.59 bits per heavy atom. The number of para-hydroxylation sites is 1. The first-order chi connectivity index (χ1) is 13.0. The highest BCUT2D eigenvalue weighted by molar-refractivity contribution is 7.89. The highest BCUT2D eigenvalue weighted by atomic mass is 32.2. The lowest BCUT2D eigenvalue weighted by Crippen LogP contribution is -2.50. The van der Waals surface area contributed by atoms with Crippen molar-refractivity contribution in [3.63, 3.8) is 0 Å². The number of rotatable bonds is 6. The monoisotopic (exact) mass is 389 g/mol. The van der Waals surface area contributed by atoms with Gasteiger partial charge in [-0.25, -0.2) is 8.42 Å². The van der Waals surface area contributed by atoms with Crippen LogP contribution in [0.5, 0.6) is 5.75 Å². The predicted molar refractivity (Wildman–Crippen MR) is 103 cm³/mol. The highest BCUT2D eigenvalue weighted by Crippen LogP contribution is 2.19. The van der Waals surface area contributed by atoms with E-state index in [2.05, 4.69) is 0 Å². The van der Waals surface area contributed by atoms with E-state index in [-0.39, 0.29) is 30.3 Å². The van der Waals surface area contributed by atoms with E-state index >= 15 is 0 Å². The number of piperazine rings is 1. The average molecular weight is 389 g/mol. The maximum absolute atomic E-state index is 12.7. The van der Waals surface area contributed by atoms with Crippen molar-refractivity contribution < 1.29 is 17.9 Å². The fraction of sp³-hybridized carbons (Fsp3) is 0.316. The molecule has 1 heterocycles. The van der Waals surface area contributed by atoms with Gasteiger partial charge < -0.3 is 15.4 Å². The highest BCUT2D eigenvalue weighted by Gasteiger charge is 2.29. The second-order valence-corrected chi connectivity index (χ2v) is 8.20. The van der Waals surface area contributed by atoms with Crippen LogP contribution in [-0.2, 0) is 14.8 Å². The zero-order valence-electron chi connectivity index (χ0n) is 15.0. The van der Waals surface area contributed by atoms with Crippen LogP contribution in [-0.4, -0.2) is 56.3 Å². The zero-order chi connectivity index (χ0) is 19.3. The molecular weight excluding hydrogens is 366 g/mol. The first-order valence-corrected chi connectivity index (χ1v) is 10.2. The average Bonchev–Trinajstić information content (AvgIpc) is 2.69. The van der Waals surface area contributed by atoms with E-state index in [1.54, 1.807) is 17.0 Å². The molecule has 0 bridgehead atoms. The van der Waals surface area contributed by atoms with Crippen LogP contribution in [0.2, 0.25) is 0 Å². The van der Waals surface area contributed by atoms with Crippen molar-refractivity contribution in [2.45, 2.75) is 11.3 Å². The molecule has 0 aliphatic carbocycles. The Morgan fingerprint density at radius 3 is 2.22 bits per heavy atom. The van der Waals surface area contributed by atoms with Crippen LogP contribution in [0.25, 0.3) is 0 Å². The van der Waals surface area contributed by atoms with E-state index in [1.807, 2.05) is 30.3 Å². The van der Waals surface area contributed by atoms with Crippen LogP contribution in [0.3, 0.4) is 0 Å². The third-order valence-electron chi connectivity index (χ3n) is 4.44. The van der Waals surface area contributed by atoms with Crippen LogP contribution in [0.1, 0.15) is 6.42 Å². The summed E-state index contributed by atoms with van der Waals surface area (Å²) < 4.78 is 32.3. The minimum absolute atomic E-state index is 0.0320. The lowest BCUT2D eigenvalue weighted by molar-refractivity contribution is -0.132. The van der Waals surface area contributed by atoms with Crippen molar-refractivity contribution in [1.29, 1.82) is 0 Å². The van der Waals surface area contributed by atoms with Gasteiger partial charge in [-0.3, -0.25) is 4.79 Å². The molecule has 1 amide bonds. The SMILES string of the molecule is Nc1ccc(S(=O)(=O)N2CCN(C(=O)CCOc3ccccc3)CC2)cc1. The Labute approximate surface area is 159 Å².